The summed E-state index contributed by atoms with van der Waals surface area (Å²) in [7, 11) is 0. The van der Waals surface area contributed by atoms with Crippen LogP contribution in [0.15, 0.2) is 36.4 Å². The van der Waals surface area contributed by atoms with Crippen LogP contribution in [0.4, 0.5) is 5.69 Å². The van der Waals surface area contributed by atoms with E-state index in [2.05, 4.69) is 11.8 Å². The van der Waals surface area contributed by atoms with Gasteiger partial charge in [0.05, 0.1) is 25.1 Å². The first-order chi connectivity index (χ1) is 11.2. The molecule has 1 N–H and O–H groups in total. The molecule has 0 bridgehead atoms. The van der Waals surface area contributed by atoms with Gasteiger partial charge >= 0.3 is 0 Å². The lowest BCUT2D eigenvalue weighted by Gasteiger charge is -2.39. The molecule has 1 aliphatic heterocycles. The number of carbonyl (C=O) groups is 1. The summed E-state index contributed by atoms with van der Waals surface area (Å²) in [6, 6.07) is 11.4. The van der Waals surface area contributed by atoms with Gasteiger partial charge in [-0.25, -0.2) is 0 Å². The number of benzene rings is 2. The normalized spacial score (nSPS) is 17.1. The number of nitrogens with zero attached hydrogens (tertiary/aromatic N) is 2. The van der Waals surface area contributed by atoms with E-state index in [1.165, 1.54) is 0 Å². The van der Waals surface area contributed by atoms with Gasteiger partial charge in [-0.1, -0.05) is 31.2 Å². The van der Waals surface area contributed by atoms with Crippen LogP contribution >= 0.6 is 0 Å². The smallest absolute Gasteiger partial charge is 0.215 e. The Morgan fingerprint density at radius 3 is 2.52 bits per heavy atom. The summed E-state index contributed by atoms with van der Waals surface area (Å²) in [5.41, 5.74) is 0.553. The van der Waals surface area contributed by atoms with Crippen molar-refractivity contribution in [1.82, 2.24) is 4.90 Å². The van der Waals surface area contributed by atoms with Crippen LogP contribution in [0.3, 0.4) is 0 Å². The van der Waals surface area contributed by atoms with Crippen molar-refractivity contribution in [2.75, 3.05) is 31.2 Å². The van der Waals surface area contributed by atoms with Gasteiger partial charge in [0.2, 0.25) is 6.41 Å². The average Bonchev–Trinajstić information content (AvgIpc) is 2.60. The maximum absolute atomic E-state index is 11.8. The topological polar surface area (TPSA) is 53.0 Å². The fourth-order valence-corrected chi connectivity index (χ4v) is 3.22. The largest absolute Gasteiger partial charge is 0.506 e. The maximum Gasteiger partial charge on any atom is 0.215 e. The van der Waals surface area contributed by atoms with E-state index in [-0.39, 0.29) is 11.9 Å². The Kier molecular flexibility index (Phi) is 4.79. The molecule has 1 fully saturated rings. The molecule has 0 radical (unpaired) electrons. The average molecular weight is 314 g/mol. The molecular weight excluding hydrogens is 292 g/mol. The van der Waals surface area contributed by atoms with E-state index in [1.807, 2.05) is 30.3 Å². The highest BCUT2D eigenvalue weighted by Gasteiger charge is 2.27. The van der Waals surface area contributed by atoms with Gasteiger partial charge in [0.25, 0.3) is 0 Å². The molecule has 122 valence electrons. The second kappa shape index (κ2) is 6.98. The Balaban J connectivity index is 1.98. The zero-order chi connectivity index (χ0) is 16.2. The highest BCUT2D eigenvalue weighted by atomic mass is 16.5. The Labute approximate surface area is 136 Å². The quantitative estimate of drug-likeness (QED) is 0.862. The summed E-state index contributed by atoms with van der Waals surface area (Å²) in [6.45, 7) is 4.98. The van der Waals surface area contributed by atoms with E-state index in [4.69, 9.17) is 4.74 Å². The first-order valence-corrected chi connectivity index (χ1v) is 8.01. The summed E-state index contributed by atoms with van der Waals surface area (Å²) in [4.78, 5) is 15.7. The lowest BCUT2D eigenvalue weighted by atomic mass is 10.1. The number of anilines is 1. The van der Waals surface area contributed by atoms with Crippen molar-refractivity contribution >= 4 is 22.9 Å². The molecule has 1 heterocycles. The summed E-state index contributed by atoms with van der Waals surface area (Å²) in [6.07, 6.45) is 1.52. The highest BCUT2D eigenvalue weighted by molar-refractivity contribution is 5.92. The van der Waals surface area contributed by atoms with Crippen LogP contribution in [0.5, 0.6) is 5.75 Å². The molecule has 0 spiro atoms. The molecule has 3 rings (SSSR count). The molecule has 2 aromatic rings. The number of phenolic OH excluding ortho intramolecular Hbond substituents is 1. The second-order valence-electron chi connectivity index (χ2n) is 5.74. The van der Waals surface area contributed by atoms with Crippen molar-refractivity contribution in [2.45, 2.75) is 19.5 Å². The number of amides is 1. The molecule has 2 aromatic carbocycles. The third-order valence-electron chi connectivity index (χ3n) is 4.39. The molecule has 1 atom stereocenters. The molecular formula is C18H22N2O3. The third-order valence-corrected chi connectivity index (χ3v) is 4.39. The number of phenols is 1. The minimum atomic E-state index is -0.0801. The SMILES string of the molecule is CCC(N1CCOCC1)N(C=O)c1cc2ccccc2cc1O. The van der Waals surface area contributed by atoms with Gasteiger partial charge in [-0.05, 0) is 29.3 Å². The molecule has 0 saturated carbocycles. The van der Waals surface area contributed by atoms with Crippen molar-refractivity contribution in [1.29, 1.82) is 0 Å². The summed E-state index contributed by atoms with van der Waals surface area (Å²) < 4.78 is 5.40. The molecule has 1 saturated heterocycles. The van der Waals surface area contributed by atoms with E-state index < -0.39 is 0 Å². The molecule has 5 nitrogen and oxygen atoms in total. The number of ether oxygens (including phenoxy) is 1. The number of fused-ring (bicyclic) bond motifs is 1. The van der Waals surface area contributed by atoms with Gasteiger partial charge < -0.3 is 9.84 Å². The van der Waals surface area contributed by atoms with Crippen molar-refractivity contribution in [3.05, 3.63) is 36.4 Å². The van der Waals surface area contributed by atoms with Gasteiger partial charge in [0.15, 0.2) is 0 Å². The summed E-state index contributed by atoms with van der Waals surface area (Å²) >= 11 is 0. The minimum absolute atomic E-state index is 0.0801. The van der Waals surface area contributed by atoms with Gasteiger partial charge in [-0.2, -0.15) is 0 Å². The van der Waals surface area contributed by atoms with Crippen molar-refractivity contribution in [3.8, 4) is 5.75 Å². The fourth-order valence-electron chi connectivity index (χ4n) is 3.22. The van der Waals surface area contributed by atoms with E-state index in [9.17, 15) is 9.90 Å². The zero-order valence-electron chi connectivity index (χ0n) is 13.3. The summed E-state index contributed by atoms with van der Waals surface area (Å²) in [5.74, 6) is 0.127. The number of morpholine rings is 1. The number of rotatable bonds is 5. The van der Waals surface area contributed by atoms with Crippen LogP contribution in [0.2, 0.25) is 0 Å². The molecule has 0 aromatic heterocycles. The second-order valence-corrected chi connectivity index (χ2v) is 5.74. The van der Waals surface area contributed by atoms with Crippen LogP contribution in [0.25, 0.3) is 10.8 Å². The van der Waals surface area contributed by atoms with Crippen molar-refractivity contribution < 1.29 is 14.6 Å². The number of hydrogen-bond donors (Lipinski definition) is 1. The fraction of sp³-hybridized carbons (Fsp3) is 0.389. The number of aromatic hydroxyl groups is 1. The van der Waals surface area contributed by atoms with Crippen LogP contribution in [-0.4, -0.2) is 48.9 Å². The Bertz CT molecular complexity index is 683. The van der Waals surface area contributed by atoms with Gasteiger partial charge in [-0.3, -0.25) is 14.6 Å². The highest BCUT2D eigenvalue weighted by Crippen LogP contribution is 2.34. The van der Waals surface area contributed by atoms with E-state index in [1.54, 1.807) is 11.0 Å². The molecule has 23 heavy (non-hydrogen) atoms. The molecule has 1 amide bonds. The van der Waals surface area contributed by atoms with Gasteiger partial charge in [0, 0.05) is 13.1 Å². The van der Waals surface area contributed by atoms with E-state index in [0.717, 1.165) is 36.7 Å². The monoisotopic (exact) mass is 314 g/mol. The summed E-state index contributed by atoms with van der Waals surface area (Å²) in [5, 5.41) is 12.4. The predicted octanol–water partition coefficient (Wildman–Crippen LogP) is 2.58. The first kappa shape index (κ1) is 15.8. The minimum Gasteiger partial charge on any atom is -0.506 e. The van der Waals surface area contributed by atoms with Crippen molar-refractivity contribution in [2.24, 2.45) is 0 Å². The number of carbonyl (C=O) groups excluding carboxylic acids is 1. The van der Waals surface area contributed by atoms with Gasteiger partial charge in [-0.15, -0.1) is 0 Å². The number of hydrogen-bond acceptors (Lipinski definition) is 4. The third kappa shape index (κ3) is 3.16. The van der Waals surface area contributed by atoms with Crippen LogP contribution < -0.4 is 4.90 Å². The maximum atomic E-state index is 11.8. The lowest BCUT2D eigenvalue weighted by molar-refractivity contribution is -0.109. The van der Waals surface area contributed by atoms with Crippen LogP contribution in [-0.2, 0) is 9.53 Å². The Morgan fingerprint density at radius 2 is 1.91 bits per heavy atom. The van der Waals surface area contributed by atoms with Crippen LogP contribution in [0.1, 0.15) is 13.3 Å². The molecule has 1 unspecified atom stereocenters. The van der Waals surface area contributed by atoms with Gasteiger partial charge in [0.1, 0.15) is 5.75 Å². The molecule has 5 heteroatoms. The predicted molar refractivity (Wildman–Crippen MR) is 90.6 cm³/mol. The van der Waals surface area contributed by atoms with Crippen LogP contribution in [0, 0.1) is 0 Å². The molecule has 1 aliphatic rings. The van der Waals surface area contributed by atoms with Crippen molar-refractivity contribution in [3.63, 3.8) is 0 Å². The Hall–Kier alpha value is -2.11. The first-order valence-electron chi connectivity index (χ1n) is 8.01. The standard InChI is InChI=1S/C18H22N2O3/c1-2-18(19-7-9-23-10-8-19)20(13-21)16-11-14-5-3-4-6-15(14)12-17(16)22/h3-6,11-13,18,22H,2,7-10H2,1H3. The van der Waals surface area contributed by atoms with E-state index in [0.29, 0.717) is 18.9 Å². The van der Waals surface area contributed by atoms with E-state index >= 15 is 0 Å². The lowest BCUT2D eigenvalue weighted by Crippen LogP contribution is -2.52. The Morgan fingerprint density at radius 1 is 1.26 bits per heavy atom. The molecule has 0 aliphatic carbocycles. The zero-order valence-corrected chi connectivity index (χ0v) is 13.3.